The highest BCUT2D eigenvalue weighted by Crippen LogP contribution is 2.11. The van der Waals surface area contributed by atoms with Crippen molar-refractivity contribution in [3.63, 3.8) is 0 Å². The van der Waals surface area contributed by atoms with Gasteiger partial charge in [-0.05, 0) is 60.8 Å². The normalized spacial score (nSPS) is 14.5. The number of nitrogens with one attached hydrogen (secondary N) is 2. The highest BCUT2D eigenvalue weighted by molar-refractivity contribution is 5.89. The van der Waals surface area contributed by atoms with Crippen LogP contribution in [0.2, 0.25) is 0 Å². The minimum Gasteiger partial charge on any atom is -0.458 e. The van der Waals surface area contributed by atoms with Gasteiger partial charge < -0.3 is 20.1 Å². The van der Waals surface area contributed by atoms with E-state index in [0.717, 1.165) is 0 Å². The molecule has 0 heterocycles. The molecule has 2 N–H and O–H groups in total. The molecule has 0 spiro atoms. The molecule has 0 radical (unpaired) electrons. The fourth-order valence-electron chi connectivity index (χ4n) is 1.92. The molecular formula is C18H34N2O5. The maximum absolute atomic E-state index is 12.5. The summed E-state index contributed by atoms with van der Waals surface area (Å²) in [4.78, 5) is 36.4. The van der Waals surface area contributed by atoms with Gasteiger partial charge in [0, 0.05) is 0 Å². The first-order valence-electron chi connectivity index (χ1n) is 8.63. The molecule has 146 valence electrons. The third-order valence-electron chi connectivity index (χ3n) is 2.83. The Labute approximate surface area is 151 Å². The van der Waals surface area contributed by atoms with Gasteiger partial charge in [-0.1, -0.05) is 13.8 Å². The fourth-order valence-corrected chi connectivity index (χ4v) is 1.92. The second-order valence-corrected chi connectivity index (χ2v) is 8.59. The molecule has 2 atom stereocenters. The van der Waals surface area contributed by atoms with Gasteiger partial charge in [0.1, 0.15) is 23.3 Å². The standard InChI is InChI=1S/C18H34N2O5/c1-11(2)10-13(20-16(23)25-18(7,8)9)14(21)19-12(3)15(22)24-17(4,5)6/h11-13H,10H2,1-9H3,(H,19,21)(H,20,23)/t12-,13-/m0/s1. The summed E-state index contributed by atoms with van der Waals surface area (Å²) in [5.41, 5.74) is -1.30. The highest BCUT2D eigenvalue weighted by Gasteiger charge is 2.29. The first-order valence-corrected chi connectivity index (χ1v) is 8.63. The molecule has 0 rings (SSSR count). The minimum atomic E-state index is -0.818. The molecular weight excluding hydrogens is 324 g/mol. The maximum atomic E-state index is 12.5. The zero-order valence-electron chi connectivity index (χ0n) is 17.0. The Bertz CT molecular complexity index is 475. The number of hydrogen-bond donors (Lipinski definition) is 2. The number of alkyl carbamates (subject to hydrolysis) is 1. The van der Waals surface area contributed by atoms with Gasteiger partial charge in [0.2, 0.25) is 5.91 Å². The van der Waals surface area contributed by atoms with Crippen molar-refractivity contribution in [1.82, 2.24) is 10.6 Å². The van der Waals surface area contributed by atoms with E-state index in [1.807, 2.05) is 13.8 Å². The van der Waals surface area contributed by atoms with E-state index in [0.29, 0.717) is 6.42 Å². The summed E-state index contributed by atoms with van der Waals surface area (Å²) in [6.07, 6.45) is -0.246. The van der Waals surface area contributed by atoms with Crippen molar-refractivity contribution in [2.75, 3.05) is 0 Å². The van der Waals surface area contributed by atoms with Crippen LogP contribution in [0.1, 0.15) is 68.7 Å². The predicted octanol–water partition coefficient (Wildman–Crippen LogP) is 2.77. The smallest absolute Gasteiger partial charge is 0.408 e. The number of esters is 1. The summed E-state index contributed by atoms with van der Waals surface area (Å²) in [6.45, 7) is 15.9. The summed E-state index contributed by atoms with van der Waals surface area (Å²) in [6, 6.07) is -1.61. The van der Waals surface area contributed by atoms with Gasteiger partial charge in [-0.15, -0.1) is 0 Å². The molecule has 0 unspecified atom stereocenters. The van der Waals surface area contributed by atoms with E-state index < -0.39 is 41.3 Å². The van der Waals surface area contributed by atoms with Crippen LogP contribution in [0.3, 0.4) is 0 Å². The molecule has 25 heavy (non-hydrogen) atoms. The summed E-state index contributed by atoms with van der Waals surface area (Å²) in [5.74, 6) is -0.804. The quantitative estimate of drug-likeness (QED) is 0.712. The average molecular weight is 358 g/mol. The van der Waals surface area contributed by atoms with Gasteiger partial charge in [-0.2, -0.15) is 0 Å². The van der Waals surface area contributed by atoms with Crippen molar-refractivity contribution >= 4 is 18.0 Å². The molecule has 0 aromatic rings. The summed E-state index contributed by atoms with van der Waals surface area (Å²) < 4.78 is 10.4. The van der Waals surface area contributed by atoms with Crippen molar-refractivity contribution in [1.29, 1.82) is 0 Å². The average Bonchev–Trinajstić information content (AvgIpc) is 2.32. The second kappa shape index (κ2) is 9.06. The molecule has 7 nitrogen and oxygen atoms in total. The van der Waals surface area contributed by atoms with Gasteiger partial charge in [-0.3, -0.25) is 4.79 Å². The van der Waals surface area contributed by atoms with Crippen LogP contribution in [0.15, 0.2) is 0 Å². The van der Waals surface area contributed by atoms with E-state index in [1.54, 1.807) is 48.5 Å². The van der Waals surface area contributed by atoms with Gasteiger partial charge in [0.25, 0.3) is 0 Å². The topological polar surface area (TPSA) is 93.7 Å². The number of ether oxygens (including phenoxy) is 2. The lowest BCUT2D eigenvalue weighted by molar-refractivity contribution is -0.158. The van der Waals surface area contributed by atoms with Crippen LogP contribution in [0.25, 0.3) is 0 Å². The van der Waals surface area contributed by atoms with Crippen molar-refractivity contribution < 1.29 is 23.9 Å². The molecule has 0 saturated carbocycles. The Kier molecular flexibility index (Phi) is 8.41. The molecule has 0 aliphatic rings. The Morgan fingerprint density at radius 2 is 1.32 bits per heavy atom. The van der Waals surface area contributed by atoms with Crippen LogP contribution in [0, 0.1) is 5.92 Å². The lowest BCUT2D eigenvalue weighted by Gasteiger charge is -2.26. The Morgan fingerprint density at radius 1 is 0.840 bits per heavy atom. The van der Waals surface area contributed by atoms with Gasteiger partial charge in [0.05, 0.1) is 0 Å². The van der Waals surface area contributed by atoms with Crippen molar-refractivity contribution in [2.24, 2.45) is 5.92 Å². The van der Waals surface area contributed by atoms with E-state index in [9.17, 15) is 14.4 Å². The van der Waals surface area contributed by atoms with Gasteiger partial charge in [0.15, 0.2) is 0 Å². The summed E-state index contributed by atoms with van der Waals surface area (Å²) in [7, 11) is 0. The number of amides is 2. The Hall–Kier alpha value is -1.79. The number of carbonyl (C=O) groups excluding carboxylic acids is 3. The van der Waals surface area contributed by atoms with Crippen LogP contribution < -0.4 is 10.6 Å². The summed E-state index contributed by atoms with van der Waals surface area (Å²) >= 11 is 0. The van der Waals surface area contributed by atoms with Crippen molar-refractivity contribution in [3.8, 4) is 0 Å². The lowest BCUT2D eigenvalue weighted by atomic mass is 10.0. The lowest BCUT2D eigenvalue weighted by Crippen LogP contribution is -2.52. The first kappa shape index (κ1) is 23.2. The van der Waals surface area contributed by atoms with E-state index in [1.165, 1.54) is 0 Å². The molecule has 0 aliphatic carbocycles. The molecule has 0 fully saturated rings. The molecule has 2 amide bonds. The number of hydrogen-bond acceptors (Lipinski definition) is 5. The van der Waals surface area contributed by atoms with Crippen LogP contribution in [0.4, 0.5) is 4.79 Å². The molecule has 0 bridgehead atoms. The highest BCUT2D eigenvalue weighted by atomic mass is 16.6. The van der Waals surface area contributed by atoms with Crippen molar-refractivity contribution in [2.45, 2.75) is 92.0 Å². The number of carbonyl (C=O) groups is 3. The van der Waals surface area contributed by atoms with E-state index >= 15 is 0 Å². The third-order valence-corrected chi connectivity index (χ3v) is 2.83. The Balaban J connectivity index is 4.89. The van der Waals surface area contributed by atoms with E-state index in [2.05, 4.69) is 10.6 Å². The molecule has 0 aromatic heterocycles. The third kappa shape index (κ3) is 11.4. The minimum absolute atomic E-state index is 0.169. The summed E-state index contributed by atoms with van der Waals surface area (Å²) in [5, 5.41) is 5.16. The van der Waals surface area contributed by atoms with Crippen LogP contribution in [-0.2, 0) is 19.1 Å². The maximum Gasteiger partial charge on any atom is 0.408 e. The molecule has 0 saturated heterocycles. The second-order valence-electron chi connectivity index (χ2n) is 8.59. The zero-order chi connectivity index (χ0) is 20.0. The first-order chi connectivity index (χ1) is 11.1. The monoisotopic (exact) mass is 358 g/mol. The molecule has 0 aromatic carbocycles. The largest absolute Gasteiger partial charge is 0.458 e. The van der Waals surface area contributed by atoms with Crippen molar-refractivity contribution in [3.05, 3.63) is 0 Å². The van der Waals surface area contributed by atoms with E-state index in [4.69, 9.17) is 9.47 Å². The van der Waals surface area contributed by atoms with E-state index in [-0.39, 0.29) is 5.92 Å². The number of rotatable bonds is 6. The zero-order valence-corrected chi connectivity index (χ0v) is 17.0. The predicted molar refractivity (Wildman–Crippen MR) is 96.1 cm³/mol. The SMILES string of the molecule is CC(C)C[C@H](NC(=O)OC(C)(C)C)C(=O)N[C@@H](C)C(=O)OC(C)(C)C. The molecule has 0 aliphatic heterocycles. The Morgan fingerprint density at radius 3 is 1.72 bits per heavy atom. The van der Waals surface area contributed by atoms with Gasteiger partial charge in [-0.25, -0.2) is 9.59 Å². The fraction of sp³-hybridized carbons (Fsp3) is 0.833. The molecule has 7 heteroatoms. The van der Waals surface area contributed by atoms with Crippen LogP contribution >= 0.6 is 0 Å². The van der Waals surface area contributed by atoms with Crippen LogP contribution in [-0.4, -0.2) is 41.3 Å². The van der Waals surface area contributed by atoms with Gasteiger partial charge >= 0.3 is 12.1 Å². The van der Waals surface area contributed by atoms with Crippen LogP contribution in [0.5, 0.6) is 0 Å².